The van der Waals surface area contributed by atoms with Crippen molar-refractivity contribution in [3.63, 3.8) is 0 Å². The molecule has 0 unspecified atom stereocenters. The number of nitriles is 1. The Morgan fingerprint density at radius 1 is 1.31 bits per heavy atom. The van der Waals surface area contributed by atoms with Crippen molar-refractivity contribution < 1.29 is 9.47 Å². The number of H-pyrrole nitrogens is 1. The molecule has 3 heterocycles. The molecular weight excluding hydrogens is 330 g/mol. The van der Waals surface area contributed by atoms with Gasteiger partial charge in [0.05, 0.1) is 18.4 Å². The molecule has 26 heavy (non-hydrogen) atoms. The van der Waals surface area contributed by atoms with Crippen molar-refractivity contribution in [1.82, 2.24) is 19.7 Å². The molecule has 7 heteroatoms. The fourth-order valence-corrected chi connectivity index (χ4v) is 3.19. The second kappa shape index (κ2) is 7.02. The summed E-state index contributed by atoms with van der Waals surface area (Å²) in [5.74, 6) is 2.44. The van der Waals surface area contributed by atoms with E-state index in [9.17, 15) is 0 Å². The van der Waals surface area contributed by atoms with Crippen molar-refractivity contribution in [3.05, 3.63) is 47.9 Å². The average molecular weight is 349 g/mol. The summed E-state index contributed by atoms with van der Waals surface area (Å²) in [6, 6.07) is 11.6. The molecule has 0 bridgehead atoms. The van der Waals surface area contributed by atoms with Gasteiger partial charge < -0.3 is 14.5 Å². The van der Waals surface area contributed by atoms with E-state index in [1.54, 1.807) is 24.1 Å². The second-order valence-electron chi connectivity index (χ2n) is 6.18. The number of rotatable bonds is 4. The minimum Gasteiger partial charge on any atom is -0.494 e. The summed E-state index contributed by atoms with van der Waals surface area (Å²) < 4.78 is 12.7. The van der Waals surface area contributed by atoms with Crippen LogP contribution >= 0.6 is 0 Å². The Morgan fingerprint density at radius 2 is 2.12 bits per heavy atom. The molecule has 0 radical (unpaired) electrons. The van der Waals surface area contributed by atoms with Gasteiger partial charge in [-0.25, -0.2) is 9.67 Å². The highest BCUT2D eigenvalue weighted by molar-refractivity contribution is 5.59. The summed E-state index contributed by atoms with van der Waals surface area (Å²) in [6.45, 7) is 1.45. The number of aromatic amines is 1. The van der Waals surface area contributed by atoms with Gasteiger partial charge in [-0.15, -0.1) is 0 Å². The maximum absolute atomic E-state index is 9.13. The van der Waals surface area contributed by atoms with E-state index in [1.165, 1.54) is 0 Å². The number of ether oxygens (including phenoxy) is 2. The van der Waals surface area contributed by atoms with Crippen molar-refractivity contribution in [1.29, 1.82) is 5.26 Å². The van der Waals surface area contributed by atoms with E-state index >= 15 is 0 Å². The van der Waals surface area contributed by atoms with E-state index in [-0.39, 0.29) is 5.92 Å². The molecule has 1 aromatic carbocycles. The maximum atomic E-state index is 9.13. The molecule has 1 aliphatic heterocycles. The number of para-hydroxylation sites is 2. The minimum absolute atomic E-state index is 0.267. The molecule has 1 fully saturated rings. The van der Waals surface area contributed by atoms with Gasteiger partial charge in [-0.05, 0) is 31.0 Å². The molecular formula is C19H19N5O2. The lowest BCUT2D eigenvalue weighted by Gasteiger charge is -2.18. The summed E-state index contributed by atoms with van der Waals surface area (Å²) >= 11 is 0. The van der Waals surface area contributed by atoms with Crippen molar-refractivity contribution in [2.75, 3.05) is 20.3 Å². The minimum atomic E-state index is 0.267. The Morgan fingerprint density at radius 3 is 2.85 bits per heavy atom. The van der Waals surface area contributed by atoms with Crippen LogP contribution in [0, 0.1) is 11.3 Å². The normalized spacial score (nSPS) is 14.9. The molecule has 0 aliphatic carbocycles. The quantitative estimate of drug-likeness (QED) is 0.782. The smallest absolute Gasteiger partial charge is 0.179 e. The van der Waals surface area contributed by atoms with Crippen molar-refractivity contribution in [2.45, 2.75) is 18.8 Å². The summed E-state index contributed by atoms with van der Waals surface area (Å²) in [5, 5.41) is 13.9. The topological polar surface area (TPSA) is 88.8 Å². The van der Waals surface area contributed by atoms with Crippen LogP contribution in [-0.2, 0) is 4.74 Å². The lowest BCUT2D eigenvalue weighted by atomic mass is 10.00. The average Bonchev–Trinajstić information content (AvgIpc) is 3.35. The first-order chi connectivity index (χ1) is 12.8. The molecule has 1 N–H and O–H groups in total. The molecule has 2 aromatic heterocycles. The molecule has 0 atom stereocenters. The highest BCUT2D eigenvalue weighted by Crippen LogP contribution is 2.31. The van der Waals surface area contributed by atoms with Crippen LogP contribution < -0.4 is 4.74 Å². The van der Waals surface area contributed by atoms with Crippen LogP contribution in [0.5, 0.6) is 5.75 Å². The van der Waals surface area contributed by atoms with Crippen LogP contribution in [0.15, 0.2) is 36.5 Å². The van der Waals surface area contributed by atoms with Crippen LogP contribution in [0.4, 0.5) is 0 Å². The number of nitrogens with one attached hydrogen (secondary N) is 1. The lowest BCUT2D eigenvalue weighted by Crippen LogP contribution is -2.15. The standard InChI is InChI=1S/C19H19N5O2/c1-25-17-5-3-2-4-16(17)24-19(15-10-13(11-20)12-21-15)22-18(23-24)14-6-8-26-9-7-14/h2-5,10,12,14,21H,6-9H2,1H3. The van der Waals surface area contributed by atoms with Crippen molar-refractivity contribution in [3.8, 4) is 29.0 Å². The summed E-state index contributed by atoms with van der Waals surface area (Å²) in [4.78, 5) is 7.93. The first-order valence-corrected chi connectivity index (χ1v) is 8.57. The number of methoxy groups -OCH3 is 1. The largest absolute Gasteiger partial charge is 0.494 e. The van der Waals surface area contributed by atoms with E-state index in [0.29, 0.717) is 17.1 Å². The fraction of sp³-hybridized carbons (Fsp3) is 0.316. The molecule has 0 spiro atoms. The molecule has 0 saturated carbocycles. The SMILES string of the molecule is COc1ccccc1-n1nc(C2CCOCC2)nc1-c1cc(C#N)c[nH]1. The van der Waals surface area contributed by atoms with Crippen molar-refractivity contribution >= 4 is 0 Å². The third kappa shape index (κ3) is 2.95. The number of hydrogen-bond donors (Lipinski definition) is 1. The highest BCUT2D eigenvalue weighted by Gasteiger charge is 2.24. The number of nitrogens with zero attached hydrogens (tertiary/aromatic N) is 4. The summed E-state index contributed by atoms with van der Waals surface area (Å²) in [5.41, 5.74) is 2.12. The van der Waals surface area contributed by atoms with Gasteiger partial charge in [0.1, 0.15) is 17.5 Å². The highest BCUT2D eigenvalue weighted by atomic mass is 16.5. The maximum Gasteiger partial charge on any atom is 0.179 e. The van der Waals surface area contributed by atoms with E-state index in [2.05, 4.69) is 11.1 Å². The van der Waals surface area contributed by atoms with E-state index in [0.717, 1.165) is 43.3 Å². The van der Waals surface area contributed by atoms with Gasteiger partial charge in [-0.2, -0.15) is 10.4 Å². The fourth-order valence-electron chi connectivity index (χ4n) is 3.19. The zero-order valence-corrected chi connectivity index (χ0v) is 14.5. The van der Waals surface area contributed by atoms with Crippen LogP contribution in [0.25, 0.3) is 17.2 Å². The zero-order chi connectivity index (χ0) is 17.9. The van der Waals surface area contributed by atoms with Crippen LogP contribution in [-0.4, -0.2) is 40.1 Å². The number of hydrogen-bond acceptors (Lipinski definition) is 5. The first kappa shape index (κ1) is 16.4. The van der Waals surface area contributed by atoms with Crippen molar-refractivity contribution in [2.24, 2.45) is 0 Å². The Kier molecular flexibility index (Phi) is 4.42. The molecule has 1 saturated heterocycles. The Bertz CT molecular complexity index is 947. The van der Waals surface area contributed by atoms with Gasteiger partial charge in [-0.1, -0.05) is 12.1 Å². The van der Waals surface area contributed by atoms with Gasteiger partial charge in [-0.3, -0.25) is 0 Å². The Balaban J connectivity index is 1.85. The Labute approximate surface area is 151 Å². The van der Waals surface area contributed by atoms with Crippen LogP contribution in [0.3, 0.4) is 0 Å². The molecule has 7 nitrogen and oxygen atoms in total. The van der Waals surface area contributed by atoms with Gasteiger partial charge in [0, 0.05) is 25.3 Å². The lowest BCUT2D eigenvalue weighted by molar-refractivity contribution is 0.0836. The molecule has 0 amide bonds. The Hall–Kier alpha value is -3.11. The monoisotopic (exact) mass is 349 g/mol. The van der Waals surface area contributed by atoms with E-state index < -0.39 is 0 Å². The van der Waals surface area contributed by atoms with E-state index in [4.69, 9.17) is 24.8 Å². The second-order valence-corrected chi connectivity index (χ2v) is 6.18. The predicted molar refractivity (Wildman–Crippen MR) is 95.2 cm³/mol. The predicted octanol–water partition coefficient (Wildman–Crippen LogP) is 3.04. The third-order valence-corrected chi connectivity index (χ3v) is 4.58. The van der Waals surface area contributed by atoms with Gasteiger partial charge in [0.2, 0.25) is 0 Å². The van der Waals surface area contributed by atoms with Gasteiger partial charge in [0.15, 0.2) is 11.6 Å². The summed E-state index contributed by atoms with van der Waals surface area (Å²) in [6.07, 6.45) is 3.48. The van der Waals surface area contributed by atoms with Crippen LogP contribution in [0.2, 0.25) is 0 Å². The van der Waals surface area contributed by atoms with Gasteiger partial charge >= 0.3 is 0 Å². The number of benzene rings is 1. The molecule has 1 aliphatic rings. The third-order valence-electron chi connectivity index (χ3n) is 4.58. The van der Waals surface area contributed by atoms with E-state index in [1.807, 2.05) is 24.3 Å². The van der Waals surface area contributed by atoms with Gasteiger partial charge in [0.25, 0.3) is 0 Å². The zero-order valence-electron chi connectivity index (χ0n) is 14.5. The first-order valence-electron chi connectivity index (χ1n) is 8.57. The molecule has 4 rings (SSSR count). The molecule has 3 aromatic rings. The number of aromatic nitrogens is 4. The molecule has 132 valence electrons. The van der Waals surface area contributed by atoms with Crippen LogP contribution in [0.1, 0.15) is 30.1 Å². The summed E-state index contributed by atoms with van der Waals surface area (Å²) in [7, 11) is 1.64.